The van der Waals surface area contributed by atoms with Crippen molar-refractivity contribution in [2.45, 2.75) is 32.2 Å². The predicted octanol–water partition coefficient (Wildman–Crippen LogP) is 1.76. The van der Waals surface area contributed by atoms with Gasteiger partial charge in [0.05, 0.1) is 6.04 Å². The average molecular weight is 300 g/mol. The minimum atomic E-state index is 0.115. The van der Waals surface area contributed by atoms with Crippen LogP contribution in [0.4, 0.5) is 5.69 Å². The molecule has 118 valence electrons. The van der Waals surface area contributed by atoms with Crippen LogP contribution in [0.3, 0.4) is 0 Å². The molecule has 2 fully saturated rings. The Labute approximate surface area is 131 Å². The van der Waals surface area contributed by atoms with Crippen molar-refractivity contribution < 1.29 is 4.79 Å². The number of carbonyl (C=O) groups excluding carboxylic acids is 1. The molecule has 1 saturated carbocycles. The standard InChI is InChI=1S/C17H24N4O/c1-2-18-17(19-11-13-8-9-13)20-14-10-16(22)21(12-14)15-6-4-3-5-7-15/h3-7,13-14H,2,8-12H2,1H3,(H2,18,19,20). The maximum absolute atomic E-state index is 12.2. The first kappa shape index (κ1) is 14.9. The van der Waals surface area contributed by atoms with Crippen molar-refractivity contribution in [2.24, 2.45) is 10.9 Å². The molecule has 3 rings (SSSR count). The largest absolute Gasteiger partial charge is 0.357 e. The smallest absolute Gasteiger partial charge is 0.229 e. The molecule has 0 aromatic heterocycles. The average Bonchev–Trinajstić information content (AvgIpc) is 3.29. The van der Waals surface area contributed by atoms with E-state index in [0.29, 0.717) is 13.0 Å². The molecule has 22 heavy (non-hydrogen) atoms. The van der Waals surface area contributed by atoms with E-state index in [1.807, 2.05) is 35.2 Å². The van der Waals surface area contributed by atoms with Gasteiger partial charge in [0.1, 0.15) is 0 Å². The fourth-order valence-electron chi connectivity index (χ4n) is 2.70. The summed E-state index contributed by atoms with van der Waals surface area (Å²) in [4.78, 5) is 18.7. The third-order valence-corrected chi connectivity index (χ3v) is 4.08. The van der Waals surface area contributed by atoms with Gasteiger partial charge in [-0.05, 0) is 37.8 Å². The van der Waals surface area contributed by atoms with E-state index < -0.39 is 0 Å². The Morgan fingerprint density at radius 3 is 2.77 bits per heavy atom. The van der Waals surface area contributed by atoms with Gasteiger partial charge in [-0.3, -0.25) is 9.79 Å². The van der Waals surface area contributed by atoms with Crippen molar-refractivity contribution in [3.8, 4) is 0 Å². The molecule has 1 heterocycles. The van der Waals surface area contributed by atoms with Crippen LogP contribution in [0, 0.1) is 5.92 Å². The molecule has 1 aliphatic carbocycles. The minimum Gasteiger partial charge on any atom is -0.357 e. The summed E-state index contributed by atoms with van der Waals surface area (Å²) in [6.07, 6.45) is 3.11. The van der Waals surface area contributed by atoms with Crippen LogP contribution in [-0.2, 0) is 4.79 Å². The number of nitrogens with zero attached hydrogens (tertiary/aromatic N) is 2. The quantitative estimate of drug-likeness (QED) is 0.643. The third-order valence-electron chi connectivity index (χ3n) is 4.08. The monoisotopic (exact) mass is 300 g/mol. The Morgan fingerprint density at radius 1 is 1.32 bits per heavy atom. The van der Waals surface area contributed by atoms with E-state index >= 15 is 0 Å². The molecule has 1 aromatic rings. The maximum atomic E-state index is 12.2. The van der Waals surface area contributed by atoms with Gasteiger partial charge < -0.3 is 15.5 Å². The third kappa shape index (κ3) is 3.78. The summed E-state index contributed by atoms with van der Waals surface area (Å²) in [5.41, 5.74) is 0.969. The molecule has 1 amide bonds. The second kappa shape index (κ2) is 6.81. The first-order valence-corrected chi connectivity index (χ1v) is 8.16. The highest BCUT2D eigenvalue weighted by molar-refractivity contribution is 5.97. The number of anilines is 1. The van der Waals surface area contributed by atoms with Crippen molar-refractivity contribution in [2.75, 3.05) is 24.5 Å². The zero-order valence-corrected chi connectivity index (χ0v) is 13.1. The van der Waals surface area contributed by atoms with Gasteiger partial charge in [-0.2, -0.15) is 0 Å². The number of carbonyl (C=O) groups is 1. The molecule has 1 unspecified atom stereocenters. The molecule has 2 N–H and O–H groups in total. The molecule has 0 spiro atoms. The molecule has 1 aliphatic heterocycles. The molecule has 0 bridgehead atoms. The van der Waals surface area contributed by atoms with Crippen LogP contribution >= 0.6 is 0 Å². The van der Waals surface area contributed by atoms with E-state index in [0.717, 1.165) is 30.7 Å². The Hall–Kier alpha value is -2.04. The van der Waals surface area contributed by atoms with Crippen molar-refractivity contribution >= 4 is 17.6 Å². The molecule has 1 saturated heterocycles. The summed E-state index contributed by atoms with van der Waals surface area (Å²) in [5.74, 6) is 1.77. The molecule has 1 atom stereocenters. The van der Waals surface area contributed by atoms with Crippen LogP contribution in [-0.4, -0.2) is 37.5 Å². The number of para-hydroxylation sites is 1. The van der Waals surface area contributed by atoms with Gasteiger partial charge in [0.15, 0.2) is 5.96 Å². The fraction of sp³-hybridized carbons (Fsp3) is 0.529. The van der Waals surface area contributed by atoms with E-state index in [2.05, 4.69) is 22.5 Å². The molecule has 0 radical (unpaired) electrons. The summed E-state index contributed by atoms with van der Waals surface area (Å²) < 4.78 is 0. The molecule has 1 aromatic carbocycles. The van der Waals surface area contributed by atoms with Crippen molar-refractivity contribution in [3.05, 3.63) is 30.3 Å². The number of rotatable bonds is 5. The highest BCUT2D eigenvalue weighted by Crippen LogP contribution is 2.28. The molecule has 2 aliphatic rings. The lowest BCUT2D eigenvalue weighted by molar-refractivity contribution is -0.117. The van der Waals surface area contributed by atoms with Gasteiger partial charge in [-0.1, -0.05) is 18.2 Å². The van der Waals surface area contributed by atoms with Crippen LogP contribution in [0.5, 0.6) is 0 Å². The van der Waals surface area contributed by atoms with E-state index in [4.69, 9.17) is 0 Å². The summed E-state index contributed by atoms with van der Waals surface area (Å²) in [7, 11) is 0. The second-order valence-corrected chi connectivity index (χ2v) is 6.05. The molecular formula is C17H24N4O. The highest BCUT2D eigenvalue weighted by atomic mass is 16.2. The van der Waals surface area contributed by atoms with Crippen molar-refractivity contribution in [1.29, 1.82) is 0 Å². The Morgan fingerprint density at radius 2 is 2.09 bits per heavy atom. The van der Waals surface area contributed by atoms with E-state index in [1.165, 1.54) is 12.8 Å². The Kier molecular flexibility index (Phi) is 4.61. The van der Waals surface area contributed by atoms with Crippen LogP contribution in [0.2, 0.25) is 0 Å². The zero-order valence-electron chi connectivity index (χ0n) is 13.1. The van der Waals surface area contributed by atoms with Gasteiger partial charge in [0.2, 0.25) is 5.91 Å². The Bertz CT molecular complexity index is 539. The number of aliphatic imine (C=N–C) groups is 1. The van der Waals surface area contributed by atoms with Gasteiger partial charge >= 0.3 is 0 Å². The van der Waals surface area contributed by atoms with Gasteiger partial charge in [-0.15, -0.1) is 0 Å². The minimum absolute atomic E-state index is 0.115. The summed E-state index contributed by atoms with van der Waals surface area (Å²) in [6.45, 7) is 4.47. The number of amides is 1. The van der Waals surface area contributed by atoms with E-state index in [9.17, 15) is 4.79 Å². The number of hydrogen-bond donors (Lipinski definition) is 2. The molecule has 5 heteroatoms. The van der Waals surface area contributed by atoms with Crippen LogP contribution in [0.15, 0.2) is 35.3 Å². The topological polar surface area (TPSA) is 56.7 Å². The van der Waals surface area contributed by atoms with Crippen molar-refractivity contribution in [1.82, 2.24) is 10.6 Å². The first-order chi connectivity index (χ1) is 10.8. The summed E-state index contributed by atoms with van der Waals surface area (Å²) in [6, 6.07) is 9.96. The van der Waals surface area contributed by atoms with Gasteiger partial charge in [0.25, 0.3) is 0 Å². The predicted molar refractivity (Wildman–Crippen MR) is 89.0 cm³/mol. The van der Waals surface area contributed by atoms with Crippen LogP contribution < -0.4 is 15.5 Å². The van der Waals surface area contributed by atoms with Gasteiger partial charge in [-0.25, -0.2) is 0 Å². The number of hydrogen-bond acceptors (Lipinski definition) is 2. The number of benzene rings is 1. The maximum Gasteiger partial charge on any atom is 0.229 e. The lowest BCUT2D eigenvalue weighted by atomic mass is 10.2. The van der Waals surface area contributed by atoms with E-state index in [-0.39, 0.29) is 11.9 Å². The SMILES string of the molecule is CCNC(=NCC1CC1)NC1CC(=O)N(c2ccccc2)C1. The second-order valence-electron chi connectivity index (χ2n) is 6.05. The number of nitrogens with one attached hydrogen (secondary N) is 2. The number of guanidine groups is 1. The first-order valence-electron chi connectivity index (χ1n) is 8.16. The highest BCUT2D eigenvalue weighted by Gasteiger charge is 2.31. The normalized spacial score (nSPS) is 22.0. The van der Waals surface area contributed by atoms with Crippen molar-refractivity contribution in [3.63, 3.8) is 0 Å². The van der Waals surface area contributed by atoms with Crippen LogP contribution in [0.1, 0.15) is 26.2 Å². The Balaban J connectivity index is 1.60. The van der Waals surface area contributed by atoms with Crippen LogP contribution in [0.25, 0.3) is 0 Å². The summed E-state index contributed by atoms with van der Waals surface area (Å²) in [5, 5.41) is 6.68. The van der Waals surface area contributed by atoms with Gasteiger partial charge in [0, 0.05) is 31.7 Å². The lowest BCUT2D eigenvalue weighted by Crippen LogP contribution is -2.44. The summed E-state index contributed by atoms with van der Waals surface area (Å²) >= 11 is 0. The fourth-order valence-corrected chi connectivity index (χ4v) is 2.70. The molecular weight excluding hydrogens is 276 g/mol. The zero-order chi connectivity index (χ0) is 15.4. The molecule has 5 nitrogen and oxygen atoms in total. The lowest BCUT2D eigenvalue weighted by Gasteiger charge is -2.19. The van der Waals surface area contributed by atoms with E-state index in [1.54, 1.807) is 0 Å².